The zero-order chi connectivity index (χ0) is 30.5. The standard InChI is InChI=1S/C34H35N5O4S/c1-24-23-37(19-20-38(24)33(41)29-12-7-10-25-9-3-4-11-28(25)29)31(40)14-5-6-22-44-34-36-35-32(30-13-8-21-43-30)39(34)26-15-17-27(42-2)18-16-26/h3-4,7-13,15-18,21,24H,5-6,14,19-20,22-23H2,1-2H3. The van der Waals surface area contributed by atoms with Crippen molar-refractivity contribution >= 4 is 34.3 Å². The molecule has 0 bridgehead atoms. The van der Waals surface area contributed by atoms with Gasteiger partial charge in [-0.05, 0) is 73.0 Å². The van der Waals surface area contributed by atoms with Gasteiger partial charge in [0.25, 0.3) is 5.91 Å². The fourth-order valence-corrected chi connectivity index (χ4v) is 6.60. The molecule has 1 atom stereocenters. The first-order valence-corrected chi connectivity index (χ1v) is 15.8. The van der Waals surface area contributed by atoms with Crippen LogP contribution in [0.2, 0.25) is 0 Å². The van der Waals surface area contributed by atoms with Crippen molar-refractivity contribution < 1.29 is 18.7 Å². The Kier molecular flexibility index (Phi) is 8.97. The van der Waals surface area contributed by atoms with E-state index in [0.717, 1.165) is 46.0 Å². The van der Waals surface area contributed by atoms with E-state index in [1.807, 2.05) is 100 Å². The van der Waals surface area contributed by atoms with E-state index in [1.54, 1.807) is 25.1 Å². The minimum Gasteiger partial charge on any atom is -0.497 e. The normalized spacial score (nSPS) is 15.1. The lowest BCUT2D eigenvalue weighted by molar-refractivity contribution is -0.133. The first kappa shape index (κ1) is 29.5. The lowest BCUT2D eigenvalue weighted by atomic mass is 10.0. The van der Waals surface area contributed by atoms with Gasteiger partial charge >= 0.3 is 0 Å². The second kappa shape index (κ2) is 13.4. The number of unbranched alkanes of at least 4 members (excludes halogenated alkanes) is 1. The predicted molar refractivity (Wildman–Crippen MR) is 171 cm³/mol. The van der Waals surface area contributed by atoms with E-state index in [2.05, 4.69) is 10.2 Å². The molecule has 1 aliphatic heterocycles. The van der Waals surface area contributed by atoms with Crippen molar-refractivity contribution in [3.05, 3.63) is 90.7 Å². The lowest BCUT2D eigenvalue weighted by Crippen LogP contribution is -2.55. The van der Waals surface area contributed by atoms with Crippen molar-refractivity contribution in [2.24, 2.45) is 0 Å². The number of hydrogen-bond donors (Lipinski definition) is 0. The van der Waals surface area contributed by atoms with Gasteiger partial charge in [-0.1, -0.05) is 48.2 Å². The van der Waals surface area contributed by atoms with Gasteiger partial charge in [0.05, 0.1) is 19.1 Å². The fraction of sp³-hybridized carbons (Fsp3) is 0.294. The summed E-state index contributed by atoms with van der Waals surface area (Å²) in [5.74, 6) is 3.00. The molecule has 0 aliphatic carbocycles. The van der Waals surface area contributed by atoms with Crippen molar-refractivity contribution in [3.63, 3.8) is 0 Å². The Hall–Kier alpha value is -4.57. The van der Waals surface area contributed by atoms with E-state index in [9.17, 15) is 9.59 Å². The van der Waals surface area contributed by atoms with Gasteiger partial charge in [-0.3, -0.25) is 14.2 Å². The van der Waals surface area contributed by atoms with Gasteiger partial charge in [-0.15, -0.1) is 10.2 Å². The molecule has 226 valence electrons. The summed E-state index contributed by atoms with van der Waals surface area (Å²) in [6, 6.07) is 25.2. The zero-order valence-corrected chi connectivity index (χ0v) is 25.7. The molecule has 5 aromatic rings. The number of methoxy groups -OCH3 is 1. The van der Waals surface area contributed by atoms with Gasteiger partial charge in [-0.25, -0.2) is 0 Å². The summed E-state index contributed by atoms with van der Waals surface area (Å²) < 4.78 is 12.9. The summed E-state index contributed by atoms with van der Waals surface area (Å²) in [6.07, 6.45) is 3.73. The Labute approximate surface area is 260 Å². The van der Waals surface area contributed by atoms with Crippen molar-refractivity contribution in [1.29, 1.82) is 0 Å². The third kappa shape index (κ3) is 6.21. The van der Waals surface area contributed by atoms with Crippen LogP contribution in [-0.2, 0) is 4.79 Å². The van der Waals surface area contributed by atoms with Crippen LogP contribution in [0.25, 0.3) is 28.0 Å². The second-order valence-corrected chi connectivity index (χ2v) is 11.9. The molecule has 0 N–H and O–H groups in total. The maximum atomic E-state index is 13.5. The number of amides is 2. The highest BCUT2D eigenvalue weighted by Gasteiger charge is 2.30. The molecule has 9 nitrogen and oxygen atoms in total. The summed E-state index contributed by atoms with van der Waals surface area (Å²) in [6.45, 7) is 3.65. The van der Waals surface area contributed by atoms with Crippen LogP contribution in [0.5, 0.6) is 5.75 Å². The van der Waals surface area contributed by atoms with E-state index in [-0.39, 0.29) is 17.9 Å². The molecule has 3 heterocycles. The summed E-state index contributed by atoms with van der Waals surface area (Å²) in [7, 11) is 1.64. The fourth-order valence-electron chi connectivity index (χ4n) is 5.65. The lowest BCUT2D eigenvalue weighted by Gasteiger charge is -2.40. The Morgan fingerprint density at radius 3 is 2.55 bits per heavy atom. The van der Waals surface area contributed by atoms with Crippen molar-refractivity contribution in [2.45, 2.75) is 37.4 Å². The molecule has 3 aromatic carbocycles. The van der Waals surface area contributed by atoms with Crippen LogP contribution in [0, 0.1) is 0 Å². The quantitative estimate of drug-likeness (QED) is 0.135. The average molecular weight is 610 g/mol. The zero-order valence-electron chi connectivity index (χ0n) is 24.9. The maximum Gasteiger partial charge on any atom is 0.254 e. The number of carbonyl (C=O) groups excluding carboxylic acids is 2. The monoisotopic (exact) mass is 609 g/mol. The van der Waals surface area contributed by atoms with Crippen LogP contribution in [-0.4, -0.2) is 74.9 Å². The molecule has 10 heteroatoms. The highest BCUT2D eigenvalue weighted by atomic mass is 32.2. The van der Waals surface area contributed by atoms with Crippen LogP contribution in [0.1, 0.15) is 36.5 Å². The molecule has 44 heavy (non-hydrogen) atoms. The number of benzene rings is 3. The SMILES string of the molecule is COc1ccc(-n2c(SCCCCC(=O)N3CCN(C(=O)c4cccc5ccccc45)C(C)C3)nnc2-c2ccco2)cc1. The summed E-state index contributed by atoms with van der Waals surface area (Å²) in [5, 5.41) is 11.6. The smallest absolute Gasteiger partial charge is 0.254 e. The van der Waals surface area contributed by atoms with Crippen molar-refractivity contribution in [2.75, 3.05) is 32.5 Å². The molecule has 1 aliphatic rings. The summed E-state index contributed by atoms with van der Waals surface area (Å²) in [4.78, 5) is 30.4. The van der Waals surface area contributed by atoms with Crippen LogP contribution < -0.4 is 4.74 Å². The van der Waals surface area contributed by atoms with Gasteiger partial charge < -0.3 is 19.0 Å². The van der Waals surface area contributed by atoms with Crippen molar-refractivity contribution in [1.82, 2.24) is 24.6 Å². The van der Waals surface area contributed by atoms with Crippen LogP contribution >= 0.6 is 11.8 Å². The summed E-state index contributed by atoms with van der Waals surface area (Å²) >= 11 is 1.61. The molecular formula is C34H35N5O4S. The number of piperazine rings is 1. The minimum atomic E-state index is -0.0533. The Bertz CT molecular complexity index is 1730. The largest absolute Gasteiger partial charge is 0.497 e. The molecule has 1 fully saturated rings. The van der Waals surface area contributed by atoms with Gasteiger partial charge in [0.15, 0.2) is 10.9 Å². The van der Waals surface area contributed by atoms with Crippen LogP contribution in [0.3, 0.4) is 0 Å². The Morgan fingerprint density at radius 1 is 0.955 bits per heavy atom. The van der Waals surface area contributed by atoms with Crippen LogP contribution in [0.4, 0.5) is 0 Å². The van der Waals surface area contributed by atoms with Gasteiger partial charge in [0.2, 0.25) is 11.7 Å². The maximum absolute atomic E-state index is 13.5. The topological polar surface area (TPSA) is 93.7 Å². The molecule has 0 spiro atoms. The second-order valence-electron chi connectivity index (χ2n) is 10.8. The first-order valence-electron chi connectivity index (χ1n) is 14.9. The van der Waals surface area contributed by atoms with Gasteiger partial charge in [-0.2, -0.15) is 0 Å². The number of hydrogen-bond acceptors (Lipinski definition) is 7. The van der Waals surface area contributed by atoms with E-state index in [1.165, 1.54) is 0 Å². The number of carbonyl (C=O) groups is 2. The third-order valence-electron chi connectivity index (χ3n) is 7.98. The molecule has 2 aromatic heterocycles. The minimum absolute atomic E-state index is 0.0242. The number of nitrogens with zero attached hydrogens (tertiary/aromatic N) is 5. The van der Waals surface area contributed by atoms with Gasteiger partial charge in [0, 0.05) is 43.4 Å². The molecule has 0 saturated carbocycles. The Morgan fingerprint density at radius 2 is 1.77 bits per heavy atom. The highest BCUT2D eigenvalue weighted by Crippen LogP contribution is 2.30. The first-order chi connectivity index (χ1) is 21.5. The molecule has 0 radical (unpaired) electrons. The Balaban J connectivity index is 1.01. The van der Waals surface area contributed by atoms with E-state index in [0.29, 0.717) is 43.2 Å². The number of furan rings is 1. The van der Waals surface area contributed by atoms with Crippen LogP contribution in [0.15, 0.2) is 94.7 Å². The van der Waals surface area contributed by atoms with E-state index >= 15 is 0 Å². The molecule has 1 saturated heterocycles. The number of thioether (sulfide) groups is 1. The molecule has 6 rings (SSSR count). The number of ether oxygens (including phenoxy) is 1. The molecule has 1 unspecified atom stereocenters. The number of rotatable bonds is 10. The molecular weight excluding hydrogens is 574 g/mol. The molecule has 2 amide bonds. The predicted octanol–water partition coefficient (Wildman–Crippen LogP) is 6.32. The number of aromatic nitrogens is 3. The third-order valence-corrected chi connectivity index (χ3v) is 9.00. The van der Waals surface area contributed by atoms with E-state index in [4.69, 9.17) is 9.15 Å². The average Bonchev–Trinajstić information content (AvgIpc) is 3.74. The highest BCUT2D eigenvalue weighted by molar-refractivity contribution is 7.99. The van der Waals surface area contributed by atoms with Gasteiger partial charge in [0.1, 0.15) is 5.75 Å². The summed E-state index contributed by atoms with van der Waals surface area (Å²) in [5.41, 5.74) is 1.62. The number of fused-ring (bicyclic) bond motifs is 1. The van der Waals surface area contributed by atoms with Crippen molar-refractivity contribution in [3.8, 4) is 23.0 Å². The van der Waals surface area contributed by atoms with E-state index < -0.39 is 0 Å².